The van der Waals surface area contributed by atoms with Gasteiger partial charge < -0.3 is 40.2 Å². The monoisotopic (exact) mass is 715 g/mol. The first kappa shape index (κ1) is 37.8. The van der Waals surface area contributed by atoms with Crippen LogP contribution < -0.4 is 16.0 Å². The number of aromatic nitrogens is 2. The number of carbonyl (C=O) groups is 5. The molecule has 52 heavy (non-hydrogen) atoms. The van der Waals surface area contributed by atoms with Crippen LogP contribution in [0.15, 0.2) is 54.7 Å². The highest BCUT2D eigenvalue weighted by Crippen LogP contribution is 2.33. The van der Waals surface area contributed by atoms with Crippen LogP contribution in [0, 0.1) is 11.8 Å². The van der Waals surface area contributed by atoms with Crippen LogP contribution in [0.5, 0.6) is 0 Å². The van der Waals surface area contributed by atoms with Gasteiger partial charge in [-0.2, -0.15) is 0 Å². The van der Waals surface area contributed by atoms with E-state index in [2.05, 4.69) is 30.7 Å². The van der Waals surface area contributed by atoms with E-state index in [4.69, 9.17) is 4.74 Å². The summed E-state index contributed by atoms with van der Waals surface area (Å²) in [4.78, 5) is 74.8. The zero-order valence-corrected chi connectivity index (χ0v) is 30.6. The number of methoxy groups -OCH3 is 2. The van der Waals surface area contributed by atoms with Crippen molar-refractivity contribution in [2.75, 3.05) is 33.9 Å². The van der Waals surface area contributed by atoms with Gasteiger partial charge in [0.1, 0.15) is 17.9 Å². The van der Waals surface area contributed by atoms with Crippen LogP contribution in [0.1, 0.15) is 69.2 Å². The summed E-state index contributed by atoms with van der Waals surface area (Å²) < 4.78 is 9.40. The molecule has 3 aromatic rings. The maximum absolute atomic E-state index is 13.5. The first-order valence-electron chi connectivity index (χ1n) is 17.7. The molecular weight excluding hydrogens is 666 g/mol. The standard InChI is InChI=1S/C38H49N7O7/c1-22(2)31(42-37(49)51-5)35(47)44-19-17-28(21-44)40-34(46)27-15-11-25(12-16-27)24-9-13-26(14-10-24)29-20-39-33(41-29)30-8-7-18-45(30)36(48)32(23(3)4)43-38(50)52-6/h9-16,20,22-23,28,30-32H,7-8,17-19,21H2,1-6H3,(H,39,41)(H,40,46)(H,42,49)(H,43,50)/t28-,30-,31+,32-/m0/s1. The molecule has 4 atom stereocenters. The number of amides is 5. The fourth-order valence-electron chi connectivity index (χ4n) is 6.74. The maximum Gasteiger partial charge on any atom is 0.407 e. The van der Waals surface area contributed by atoms with E-state index in [0.717, 1.165) is 35.2 Å². The molecule has 278 valence electrons. The number of likely N-dealkylation sites (tertiary alicyclic amines) is 2. The maximum atomic E-state index is 13.5. The molecule has 3 heterocycles. The summed E-state index contributed by atoms with van der Waals surface area (Å²) in [6.07, 6.45) is 2.70. The molecular formula is C38H49N7O7. The molecule has 14 heteroatoms. The van der Waals surface area contributed by atoms with Crippen molar-refractivity contribution in [3.63, 3.8) is 0 Å². The Morgan fingerprint density at radius 3 is 1.90 bits per heavy atom. The molecule has 0 bridgehead atoms. The van der Waals surface area contributed by atoms with Gasteiger partial charge in [-0.3, -0.25) is 14.4 Å². The fourth-order valence-corrected chi connectivity index (χ4v) is 6.74. The van der Waals surface area contributed by atoms with Crippen molar-refractivity contribution in [3.05, 3.63) is 66.1 Å². The number of aromatic amines is 1. The predicted octanol–water partition coefficient (Wildman–Crippen LogP) is 4.50. The van der Waals surface area contributed by atoms with Crippen LogP contribution in [0.2, 0.25) is 0 Å². The summed E-state index contributed by atoms with van der Waals surface area (Å²) in [5.74, 6) is -0.103. The number of hydrogen-bond acceptors (Lipinski definition) is 8. The Hall–Kier alpha value is -5.40. The quantitative estimate of drug-likeness (QED) is 0.225. The van der Waals surface area contributed by atoms with E-state index in [0.29, 0.717) is 37.4 Å². The number of hydrogen-bond donors (Lipinski definition) is 4. The first-order chi connectivity index (χ1) is 24.9. The molecule has 5 rings (SSSR count). The van der Waals surface area contributed by atoms with E-state index < -0.39 is 24.3 Å². The first-order valence-corrected chi connectivity index (χ1v) is 17.7. The number of imidazole rings is 1. The molecule has 2 aliphatic heterocycles. The third kappa shape index (κ3) is 8.72. The summed E-state index contributed by atoms with van der Waals surface area (Å²) in [5.41, 5.74) is 4.21. The second kappa shape index (κ2) is 16.7. The van der Waals surface area contributed by atoms with Gasteiger partial charge in [0.2, 0.25) is 11.8 Å². The van der Waals surface area contributed by atoms with Crippen molar-refractivity contribution in [2.45, 2.75) is 71.1 Å². The van der Waals surface area contributed by atoms with Crippen molar-refractivity contribution < 1.29 is 33.4 Å². The Morgan fingerprint density at radius 2 is 1.33 bits per heavy atom. The Labute approximate surface area is 304 Å². The Balaban J connectivity index is 1.17. The number of ether oxygens (including phenoxy) is 2. The summed E-state index contributed by atoms with van der Waals surface area (Å²) in [7, 11) is 2.54. The lowest BCUT2D eigenvalue weighted by Gasteiger charge is -2.30. The average molecular weight is 716 g/mol. The molecule has 0 radical (unpaired) electrons. The molecule has 0 spiro atoms. The van der Waals surface area contributed by atoms with E-state index in [1.807, 2.05) is 64.1 Å². The van der Waals surface area contributed by atoms with Gasteiger partial charge in [0.05, 0.1) is 32.2 Å². The normalized spacial score (nSPS) is 18.2. The molecule has 2 aromatic carbocycles. The van der Waals surface area contributed by atoms with Crippen molar-refractivity contribution in [1.29, 1.82) is 0 Å². The number of alkyl carbamates (subject to hydrolysis) is 2. The lowest BCUT2D eigenvalue weighted by Crippen LogP contribution is -2.51. The minimum Gasteiger partial charge on any atom is -0.453 e. The number of nitrogens with one attached hydrogen (secondary N) is 4. The van der Waals surface area contributed by atoms with Gasteiger partial charge >= 0.3 is 12.2 Å². The lowest BCUT2D eigenvalue weighted by molar-refractivity contribution is -0.135. The minimum atomic E-state index is -0.706. The Kier molecular flexibility index (Phi) is 12.2. The molecule has 5 amide bonds. The summed E-state index contributed by atoms with van der Waals surface area (Å²) in [6, 6.07) is 13.6. The zero-order valence-electron chi connectivity index (χ0n) is 30.6. The van der Waals surface area contributed by atoms with Crippen LogP contribution in [0.4, 0.5) is 9.59 Å². The highest BCUT2D eigenvalue weighted by atomic mass is 16.5. The number of carbonyl (C=O) groups excluding carboxylic acids is 5. The highest BCUT2D eigenvalue weighted by molar-refractivity contribution is 5.95. The van der Waals surface area contributed by atoms with Gasteiger partial charge in [0, 0.05) is 31.2 Å². The van der Waals surface area contributed by atoms with E-state index in [1.165, 1.54) is 14.2 Å². The van der Waals surface area contributed by atoms with Crippen LogP contribution in [-0.4, -0.2) is 102 Å². The third-order valence-electron chi connectivity index (χ3n) is 9.74. The fraction of sp³-hybridized carbons (Fsp3) is 0.474. The summed E-state index contributed by atoms with van der Waals surface area (Å²) in [6.45, 7) is 8.92. The van der Waals surface area contributed by atoms with Gasteiger partial charge in [-0.1, -0.05) is 64.1 Å². The van der Waals surface area contributed by atoms with Crippen LogP contribution >= 0.6 is 0 Å². The van der Waals surface area contributed by atoms with Crippen molar-refractivity contribution >= 4 is 29.9 Å². The highest BCUT2D eigenvalue weighted by Gasteiger charge is 2.38. The van der Waals surface area contributed by atoms with Crippen LogP contribution in [0.3, 0.4) is 0 Å². The van der Waals surface area contributed by atoms with Gasteiger partial charge in [-0.05, 0) is 59.9 Å². The SMILES string of the molecule is COC(=O)N[C@H](C(=O)N1CCC[C@H]1c1ncc(-c2ccc(-c3ccc(C(=O)N[C@H]4CCN(C(=O)[C@H](NC(=O)OC)C(C)C)C4)cc3)cc2)[nH]1)C(C)C. The van der Waals surface area contributed by atoms with E-state index >= 15 is 0 Å². The molecule has 4 N–H and O–H groups in total. The van der Waals surface area contributed by atoms with Crippen molar-refractivity contribution in [2.24, 2.45) is 11.8 Å². The molecule has 0 saturated carbocycles. The topological polar surface area (TPSA) is 175 Å². The molecule has 2 aliphatic rings. The molecule has 0 aliphatic carbocycles. The van der Waals surface area contributed by atoms with Gasteiger partial charge in [-0.15, -0.1) is 0 Å². The molecule has 14 nitrogen and oxygen atoms in total. The predicted molar refractivity (Wildman–Crippen MR) is 194 cm³/mol. The molecule has 0 unspecified atom stereocenters. The largest absolute Gasteiger partial charge is 0.453 e. The third-order valence-corrected chi connectivity index (χ3v) is 9.74. The molecule has 2 saturated heterocycles. The van der Waals surface area contributed by atoms with Crippen molar-refractivity contribution in [3.8, 4) is 22.4 Å². The van der Waals surface area contributed by atoms with Gasteiger partial charge in [0.25, 0.3) is 5.91 Å². The average Bonchev–Trinajstić information content (AvgIpc) is 3.93. The number of H-pyrrole nitrogens is 1. The number of benzene rings is 2. The van der Waals surface area contributed by atoms with E-state index in [1.54, 1.807) is 28.1 Å². The Morgan fingerprint density at radius 1 is 0.769 bits per heavy atom. The van der Waals surface area contributed by atoms with Gasteiger partial charge in [0.15, 0.2) is 0 Å². The minimum absolute atomic E-state index is 0.114. The smallest absolute Gasteiger partial charge is 0.407 e. The van der Waals surface area contributed by atoms with E-state index in [-0.39, 0.29) is 41.6 Å². The molecule has 1 aromatic heterocycles. The summed E-state index contributed by atoms with van der Waals surface area (Å²) >= 11 is 0. The Bertz CT molecular complexity index is 1740. The number of rotatable bonds is 11. The van der Waals surface area contributed by atoms with Crippen LogP contribution in [0.25, 0.3) is 22.4 Å². The van der Waals surface area contributed by atoms with E-state index in [9.17, 15) is 24.0 Å². The molecule has 2 fully saturated rings. The number of nitrogens with zero attached hydrogens (tertiary/aromatic N) is 3. The second-order valence-electron chi connectivity index (χ2n) is 14.0. The van der Waals surface area contributed by atoms with Gasteiger partial charge in [-0.25, -0.2) is 14.6 Å². The second-order valence-corrected chi connectivity index (χ2v) is 14.0. The zero-order chi connectivity index (χ0) is 37.5. The summed E-state index contributed by atoms with van der Waals surface area (Å²) in [5, 5.41) is 8.33. The van der Waals surface area contributed by atoms with Crippen LogP contribution in [-0.2, 0) is 19.1 Å². The lowest BCUT2D eigenvalue weighted by atomic mass is 10.0. The van der Waals surface area contributed by atoms with Crippen molar-refractivity contribution in [1.82, 2.24) is 35.7 Å².